The molecular weight excluding hydrogens is 930 g/mol. The van der Waals surface area contributed by atoms with Crippen LogP contribution in [0.4, 0.5) is 23.1 Å². The number of pyridine rings is 1. The summed E-state index contributed by atoms with van der Waals surface area (Å²) in [4.78, 5) is 53.7. The lowest BCUT2D eigenvalue weighted by Crippen LogP contribution is -2.56. The molecule has 0 aliphatic carbocycles. The number of ether oxygens (including phenoxy) is 1. The Hall–Kier alpha value is -6.74. The highest BCUT2D eigenvalue weighted by Crippen LogP contribution is 2.38. The summed E-state index contributed by atoms with van der Waals surface area (Å²) in [5.41, 5.74) is 5.79. The molecule has 4 aliphatic rings. The number of aromatic nitrogens is 6. The molecule has 2 N–H and O–H groups in total. The van der Waals surface area contributed by atoms with Gasteiger partial charge in [0, 0.05) is 105 Å². The summed E-state index contributed by atoms with van der Waals surface area (Å²) < 4.78 is 9.80. The van der Waals surface area contributed by atoms with Gasteiger partial charge in [0.2, 0.25) is 0 Å². The van der Waals surface area contributed by atoms with Gasteiger partial charge in [-0.3, -0.25) is 9.59 Å². The standard InChI is InChI=1S/C52H60ClN13O3.C2H6O/c1-4-37-29-56-66-45(27-46(58-49(37)66)61-22-6-5-7-23-61)55-28-36-16-17-47(67)64(31-36)30-35(2)51(68)65-26-25-63(32-39(65)18-20-54)50-41-19-24-62(44-15-9-12-38-11-8-14-42(53)48(38)44)33-43(41)57-52(59-50)69-34-40-13-10-21-60(40)3;1-2-3/h8-9,11-12,14-17,27,29,31,39-40,55H,2,4-7,10,13,18-19,21-26,28,30,32-34H2,1,3H3;3H,2H2,1H3. The molecular formula is C54H66ClN13O4. The van der Waals surface area contributed by atoms with Crippen molar-refractivity contribution in [3.63, 3.8) is 0 Å². The molecule has 0 radical (unpaired) electrons. The van der Waals surface area contributed by atoms with Crippen LogP contribution in [0.25, 0.3) is 16.4 Å². The van der Waals surface area contributed by atoms with E-state index in [1.165, 1.54) is 17.1 Å². The number of hydrogen-bond donors (Lipinski definition) is 2. The van der Waals surface area contributed by atoms with E-state index in [1.54, 1.807) is 24.1 Å². The summed E-state index contributed by atoms with van der Waals surface area (Å²) in [6, 6.07) is 20.1. The Labute approximate surface area is 426 Å². The molecule has 2 aromatic carbocycles. The molecule has 4 aliphatic heterocycles. The van der Waals surface area contributed by atoms with Crippen LogP contribution in [0.3, 0.4) is 0 Å². The zero-order valence-corrected chi connectivity index (χ0v) is 42.5. The summed E-state index contributed by atoms with van der Waals surface area (Å²) >= 11 is 6.81. The van der Waals surface area contributed by atoms with Crippen LogP contribution in [0.2, 0.25) is 5.02 Å². The average molecular weight is 997 g/mol. The average Bonchev–Trinajstić information content (AvgIpc) is 4.03. The number of rotatable bonds is 14. The number of nitrogens with one attached hydrogen (secondary N) is 1. The number of likely N-dealkylation sites (tertiary alicyclic amines) is 1. The van der Waals surface area contributed by atoms with Crippen molar-refractivity contribution >= 4 is 57.1 Å². The van der Waals surface area contributed by atoms with E-state index < -0.39 is 6.04 Å². The molecule has 0 saturated carbocycles. The van der Waals surface area contributed by atoms with Gasteiger partial charge in [0.1, 0.15) is 24.1 Å². The predicted octanol–water partition coefficient (Wildman–Crippen LogP) is 6.87. The molecule has 1 amide bonds. The molecule has 0 bridgehead atoms. The normalized spacial score (nSPS) is 18.2. The van der Waals surface area contributed by atoms with Crippen molar-refractivity contribution in [3.05, 3.63) is 117 Å². The number of carbonyl (C=O) groups is 1. The summed E-state index contributed by atoms with van der Waals surface area (Å²) in [6.45, 7) is 14.6. The predicted molar refractivity (Wildman–Crippen MR) is 283 cm³/mol. The number of fused-ring (bicyclic) bond motifs is 3. The number of nitriles is 1. The fourth-order valence-corrected chi connectivity index (χ4v) is 10.8. The lowest BCUT2D eigenvalue weighted by Gasteiger charge is -2.42. The monoisotopic (exact) mass is 996 g/mol. The molecule has 17 nitrogen and oxygen atoms in total. The quantitative estimate of drug-likeness (QED) is 0.108. The molecule has 4 aromatic heterocycles. The number of aliphatic hydroxyl groups excluding tert-OH is 1. The molecule has 6 aromatic rings. The highest BCUT2D eigenvalue weighted by Gasteiger charge is 2.35. The van der Waals surface area contributed by atoms with Crippen LogP contribution < -0.4 is 30.3 Å². The van der Waals surface area contributed by atoms with Crippen molar-refractivity contribution in [3.8, 4) is 12.1 Å². The Kier molecular flexibility index (Phi) is 15.9. The molecule has 2 unspecified atom stereocenters. The molecule has 378 valence electrons. The number of hydrogen-bond acceptors (Lipinski definition) is 14. The van der Waals surface area contributed by atoms with Crippen LogP contribution >= 0.6 is 11.6 Å². The van der Waals surface area contributed by atoms with Crippen molar-refractivity contribution in [1.82, 2.24) is 38.9 Å². The van der Waals surface area contributed by atoms with Crippen molar-refractivity contribution in [2.24, 2.45) is 0 Å². The van der Waals surface area contributed by atoms with Crippen LogP contribution in [0.1, 0.15) is 74.8 Å². The largest absolute Gasteiger partial charge is 0.462 e. The van der Waals surface area contributed by atoms with Crippen LogP contribution in [-0.2, 0) is 37.3 Å². The van der Waals surface area contributed by atoms with E-state index in [1.807, 2.05) is 22.8 Å². The molecule has 2 atom stereocenters. The highest BCUT2D eigenvalue weighted by atomic mass is 35.5. The molecule has 3 fully saturated rings. The van der Waals surface area contributed by atoms with Gasteiger partial charge in [-0.2, -0.15) is 24.8 Å². The minimum Gasteiger partial charge on any atom is -0.462 e. The number of nitrogens with zero attached hydrogens (tertiary/aromatic N) is 12. The minimum atomic E-state index is -0.442. The van der Waals surface area contributed by atoms with Gasteiger partial charge >= 0.3 is 6.01 Å². The topological polar surface area (TPSA) is 177 Å². The second-order valence-corrected chi connectivity index (χ2v) is 19.6. The number of anilines is 4. The fourth-order valence-electron chi connectivity index (χ4n) is 10.5. The summed E-state index contributed by atoms with van der Waals surface area (Å²) in [5.74, 6) is 2.25. The number of aryl methyl sites for hydroxylation is 1. The van der Waals surface area contributed by atoms with Gasteiger partial charge in [0.15, 0.2) is 5.65 Å². The van der Waals surface area contributed by atoms with E-state index >= 15 is 0 Å². The third-order valence-corrected chi connectivity index (χ3v) is 14.7. The Morgan fingerprint density at radius 2 is 1.76 bits per heavy atom. The first-order valence-electron chi connectivity index (χ1n) is 25.5. The van der Waals surface area contributed by atoms with E-state index in [9.17, 15) is 14.9 Å². The van der Waals surface area contributed by atoms with Crippen molar-refractivity contribution in [1.29, 1.82) is 5.26 Å². The number of halogens is 1. The zero-order valence-electron chi connectivity index (χ0n) is 41.8. The Morgan fingerprint density at radius 1 is 0.958 bits per heavy atom. The van der Waals surface area contributed by atoms with E-state index in [0.717, 1.165) is 120 Å². The lowest BCUT2D eigenvalue weighted by atomic mass is 10.0. The van der Waals surface area contributed by atoms with E-state index in [4.69, 9.17) is 36.4 Å². The lowest BCUT2D eigenvalue weighted by molar-refractivity contribution is -0.130. The molecule has 10 rings (SSSR count). The molecule has 3 saturated heterocycles. The van der Waals surface area contributed by atoms with Crippen LogP contribution in [0.15, 0.2) is 83.9 Å². The number of benzene rings is 2. The molecule has 18 heteroatoms. The Balaban J connectivity index is 0.00000208. The number of piperidine rings is 1. The van der Waals surface area contributed by atoms with Crippen LogP contribution in [0.5, 0.6) is 6.01 Å². The first kappa shape index (κ1) is 50.2. The minimum absolute atomic E-state index is 0.0112. The molecule has 72 heavy (non-hydrogen) atoms. The zero-order chi connectivity index (χ0) is 50.3. The SMILES string of the molecule is C=C(Cn1cc(CNc2cc(N3CCCCC3)nc3c(CC)cnn23)ccc1=O)C(=O)N1CCN(c2nc(OCC3CCCN3C)nc3c2CCN(c2cccc4cccc(Cl)c24)C3)CC1CC#N.CCO. The first-order chi connectivity index (χ1) is 35.1. The van der Waals surface area contributed by atoms with Gasteiger partial charge in [0.05, 0.1) is 48.5 Å². The second-order valence-electron chi connectivity index (χ2n) is 19.2. The smallest absolute Gasteiger partial charge is 0.318 e. The molecule has 0 spiro atoms. The summed E-state index contributed by atoms with van der Waals surface area (Å²) in [7, 11) is 2.13. The van der Waals surface area contributed by atoms with Gasteiger partial charge in [-0.1, -0.05) is 55.4 Å². The second kappa shape index (κ2) is 22.8. The van der Waals surface area contributed by atoms with E-state index in [0.29, 0.717) is 56.8 Å². The highest BCUT2D eigenvalue weighted by molar-refractivity contribution is 6.36. The third kappa shape index (κ3) is 10.9. The maximum atomic E-state index is 14.4. The van der Waals surface area contributed by atoms with Crippen molar-refractivity contribution in [2.45, 2.75) is 96.9 Å². The number of aliphatic hydroxyl groups is 1. The van der Waals surface area contributed by atoms with Crippen LogP contribution in [-0.4, -0.2) is 128 Å². The maximum absolute atomic E-state index is 14.4. The van der Waals surface area contributed by atoms with Crippen molar-refractivity contribution in [2.75, 3.05) is 86.1 Å². The fraction of sp³-hybridized carbons (Fsp3) is 0.463. The Morgan fingerprint density at radius 3 is 2.53 bits per heavy atom. The number of likely N-dealkylation sites (N-methyl/N-ethyl adjacent to an activating group) is 1. The first-order valence-corrected chi connectivity index (χ1v) is 25.9. The van der Waals surface area contributed by atoms with E-state index in [2.05, 4.69) is 87.0 Å². The Bertz CT molecular complexity index is 3010. The van der Waals surface area contributed by atoms with Gasteiger partial charge < -0.3 is 44.2 Å². The number of amides is 1. The van der Waals surface area contributed by atoms with Crippen LogP contribution in [0, 0.1) is 11.3 Å². The van der Waals surface area contributed by atoms with Gasteiger partial charge in [0.25, 0.3) is 11.5 Å². The van der Waals surface area contributed by atoms with Gasteiger partial charge in [-0.15, -0.1) is 0 Å². The van der Waals surface area contributed by atoms with Gasteiger partial charge in [-0.05, 0) is 88.5 Å². The number of piperazine rings is 1. The van der Waals surface area contributed by atoms with Crippen molar-refractivity contribution < 1.29 is 14.6 Å². The third-order valence-electron chi connectivity index (χ3n) is 14.4. The van der Waals surface area contributed by atoms with Gasteiger partial charge in [-0.25, -0.2) is 4.98 Å². The maximum Gasteiger partial charge on any atom is 0.318 e. The summed E-state index contributed by atoms with van der Waals surface area (Å²) in [5, 5.41) is 28.7. The summed E-state index contributed by atoms with van der Waals surface area (Å²) in [6.07, 6.45) is 11.0. The number of carbonyl (C=O) groups excluding carboxylic acids is 1. The molecule has 8 heterocycles. The van der Waals surface area contributed by atoms with E-state index in [-0.39, 0.29) is 42.7 Å².